The third-order valence-electron chi connectivity index (χ3n) is 3.16. The van der Waals surface area contributed by atoms with Crippen LogP contribution in [0.5, 0.6) is 17.2 Å². The van der Waals surface area contributed by atoms with Gasteiger partial charge in [0.1, 0.15) is 17.2 Å². The van der Waals surface area contributed by atoms with Crippen LogP contribution in [0.15, 0.2) is 40.9 Å². The van der Waals surface area contributed by atoms with Crippen LogP contribution in [0, 0.1) is 0 Å². The molecule has 2 aromatic rings. The SMILES string of the molecule is COc1cc(C=C(C(=O)O)c2ccc(O)cc2Br)cc(OC)c1. The number of phenolic OH excluding ortho intramolecular Hbond substituents is 1. The van der Waals surface area contributed by atoms with Crippen molar-refractivity contribution in [3.63, 3.8) is 0 Å². The van der Waals surface area contributed by atoms with Gasteiger partial charge in [-0.2, -0.15) is 0 Å². The van der Waals surface area contributed by atoms with E-state index in [0.29, 0.717) is 27.1 Å². The summed E-state index contributed by atoms with van der Waals surface area (Å²) in [5.41, 5.74) is 1.16. The van der Waals surface area contributed by atoms with E-state index in [4.69, 9.17) is 9.47 Å². The number of hydrogen-bond donors (Lipinski definition) is 2. The van der Waals surface area contributed by atoms with Crippen molar-refractivity contribution in [2.24, 2.45) is 0 Å². The average molecular weight is 379 g/mol. The number of rotatable bonds is 5. The molecule has 0 saturated heterocycles. The number of ether oxygens (including phenoxy) is 2. The van der Waals surface area contributed by atoms with Crippen LogP contribution in [-0.4, -0.2) is 30.4 Å². The Balaban J connectivity index is 2.57. The highest BCUT2D eigenvalue weighted by atomic mass is 79.9. The van der Waals surface area contributed by atoms with E-state index in [1.165, 1.54) is 38.5 Å². The average Bonchev–Trinajstić information content (AvgIpc) is 2.52. The number of aromatic hydroxyl groups is 1. The summed E-state index contributed by atoms with van der Waals surface area (Å²) < 4.78 is 10.9. The molecule has 2 aromatic carbocycles. The molecule has 0 aliphatic heterocycles. The molecule has 2 rings (SSSR count). The fourth-order valence-corrected chi connectivity index (χ4v) is 2.64. The number of carboxylic acid groups (broad SMARTS) is 1. The summed E-state index contributed by atoms with van der Waals surface area (Å²) in [5, 5.41) is 19.0. The second kappa shape index (κ2) is 7.19. The first-order chi connectivity index (χ1) is 10.9. The second-order valence-corrected chi connectivity index (χ2v) is 5.53. The quantitative estimate of drug-likeness (QED) is 0.611. The van der Waals surface area contributed by atoms with Crippen molar-refractivity contribution in [1.29, 1.82) is 0 Å². The summed E-state index contributed by atoms with van der Waals surface area (Å²) in [4.78, 5) is 11.6. The maximum atomic E-state index is 11.6. The van der Waals surface area contributed by atoms with E-state index in [9.17, 15) is 15.0 Å². The second-order valence-electron chi connectivity index (χ2n) is 4.67. The van der Waals surface area contributed by atoms with E-state index < -0.39 is 5.97 Å². The lowest BCUT2D eigenvalue weighted by Gasteiger charge is -2.09. The first kappa shape index (κ1) is 16.9. The fourth-order valence-electron chi connectivity index (χ4n) is 2.06. The zero-order chi connectivity index (χ0) is 17.0. The molecule has 0 amide bonds. The van der Waals surface area contributed by atoms with Gasteiger partial charge in [-0.1, -0.05) is 15.9 Å². The number of aliphatic carboxylic acids is 1. The molecule has 0 aromatic heterocycles. The van der Waals surface area contributed by atoms with Crippen molar-refractivity contribution in [2.45, 2.75) is 0 Å². The minimum absolute atomic E-state index is 0.0495. The van der Waals surface area contributed by atoms with Gasteiger partial charge in [-0.25, -0.2) is 4.79 Å². The van der Waals surface area contributed by atoms with Gasteiger partial charge in [-0.05, 0) is 42.0 Å². The Hall–Kier alpha value is -2.47. The van der Waals surface area contributed by atoms with Gasteiger partial charge >= 0.3 is 5.97 Å². The topological polar surface area (TPSA) is 76.0 Å². The van der Waals surface area contributed by atoms with E-state index in [-0.39, 0.29) is 11.3 Å². The molecule has 2 N–H and O–H groups in total. The molecule has 0 bridgehead atoms. The van der Waals surface area contributed by atoms with Crippen molar-refractivity contribution in [2.75, 3.05) is 14.2 Å². The van der Waals surface area contributed by atoms with Gasteiger partial charge < -0.3 is 19.7 Å². The Morgan fingerprint density at radius 2 is 1.70 bits per heavy atom. The third kappa shape index (κ3) is 4.04. The van der Waals surface area contributed by atoms with Gasteiger partial charge in [-0.3, -0.25) is 0 Å². The number of methoxy groups -OCH3 is 2. The van der Waals surface area contributed by atoms with Crippen molar-refractivity contribution < 1.29 is 24.5 Å². The molecule has 23 heavy (non-hydrogen) atoms. The molecule has 0 atom stereocenters. The van der Waals surface area contributed by atoms with E-state index in [1.807, 2.05) is 0 Å². The monoisotopic (exact) mass is 378 g/mol. The predicted molar refractivity (Wildman–Crippen MR) is 90.9 cm³/mol. The zero-order valence-electron chi connectivity index (χ0n) is 12.5. The lowest BCUT2D eigenvalue weighted by atomic mass is 10.0. The molecule has 0 heterocycles. The van der Waals surface area contributed by atoms with Crippen molar-refractivity contribution in [3.05, 3.63) is 52.0 Å². The van der Waals surface area contributed by atoms with Gasteiger partial charge in [0.05, 0.1) is 19.8 Å². The molecule has 0 fully saturated rings. The largest absolute Gasteiger partial charge is 0.508 e. The summed E-state index contributed by atoms with van der Waals surface area (Å²) in [6.07, 6.45) is 1.52. The lowest BCUT2D eigenvalue weighted by Crippen LogP contribution is -2.00. The number of carbonyl (C=O) groups is 1. The highest BCUT2D eigenvalue weighted by Gasteiger charge is 2.15. The van der Waals surface area contributed by atoms with Crippen molar-refractivity contribution in [3.8, 4) is 17.2 Å². The smallest absolute Gasteiger partial charge is 0.336 e. The first-order valence-corrected chi connectivity index (χ1v) is 7.41. The van der Waals surface area contributed by atoms with Crippen LogP contribution in [0.4, 0.5) is 0 Å². The van der Waals surface area contributed by atoms with E-state index in [2.05, 4.69) is 15.9 Å². The molecule has 0 unspecified atom stereocenters. The number of carboxylic acids is 1. The number of benzene rings is 2. The van der Waals surface area contributed by atoms with Gasteiger partial charge in [0.15, 0.2) is 0 Å². The first-order valence-electron chi connectivity index (χ1n) is 6.61. The van der Waals surface area contributed by atoms with Gasteiger partial charge in [0, 0.05) is 16.1 Å². The molecule has 0 aliphatic rings. The zero-order valence-corrected chi connectivity index (χ0v) is 14.1. The molecule has 0 aliphatic carbocycles. The van der Waals surface area contributed by atoms with Crippen LogP contribution in [0.2, 0.25) is 0 Å². The summed E-state index contributed by atoms with van der Waals surface area (Å²) >= 11 is 3.27. The summed E-state index contributed by atoms with van der Waals surface area (Å²) in [5.74, 6) is 0.0850. The van der Waals surface area contributed by atoms with Gasteiger partial charge in [-0.15, -0.1) is 0 Å². The normalized spacial score (nSPS) is 11.2. The van der Waals surface area contributed by atoms with E-state index >= 15 is 0 Å². The fraction of sp³-hybridized carbons (Fsp3) is 0.118. The van der Waals surface area contributed by atoms with E-state index in [0.717, 1.165) is 0 Å². The van der Waals surface area contributed by atoms with Crippen molar-refractivity contribution >= 4 is 33.5 Å². The van der Waals surface area contributed by atoms with Crippen LogP contribution < -0.4 is 9.47 Å². The van der Waals surface area contributed by atoms with Crippen LogP contribution in [0.25, 0.3) is 11.6 Å². The minimum Gasteiger partial charge on any atom is -0.508 e. The predicted octanol–water partition coefficient (Wildman–Crippen LogP) is 3.80. The summed E-state index contributed by atoms with van der Waals surface area (Å²) in [6.45, 7) is 0. The molecular formula is C17H15BrO5. The van der Waals surface area contributed by atoms with Crippen LogP contribution in [-0.2, 0) is 4.79 Å². The molecular weight excluding hydrogens is 364 g/mol. The minimum atomic E-state index is -1.09. The maximum Gasteiger partial charge on any atom is 0.336 e. The molecule has 5 nitrogen and oxygen atoms in total. The Morgan fingerprint density at radius 3 is 2.17 bits per heavy atom. The number of hydrogen-bond acceptors (Lipinski definition) is 4. The standard InChI is InChI=1S/C17H15BrO5/c1-22-12-5-10(6-13(9-12)23-2)7-15(17(20)21)14-4-3-11(19)8-16(14)18/h3-9,19H,1-2H3,(H,20,21). The molecule has 0 saturated carbocycles. The highest BCUT2D eigenvalue weighted by molar-refractivity contribution is 9.10. The Bertz CT molecular complexity index is 745. The van der Waals surface area contributed by atoms with Crippen LogP contribution in [0.1, 0.15) is 11.1 Å². The number of halogens is 1. The Labute approximate surface area is 141 Å². The van der Waals surface area contributed by atoms with E-state index in [1.54, 1.807) is 18.2 Å². The summed E-state index contributed by atoms with van der Waals surface area (Å²) in [6, 6.07) is 9.53. The van der Waals surface area contributed by atoms with Gasteiger partial charge in [0.2, 0.25) is 0 Å². The summed E-state index contributed by atoms with van der Waals surface area (Å²) in [7, 11) is 3.05. The number of phenols is 1. The van der Waals surface area contributed by atoms with Gasteiger partial charge in [0.25, 0.3) is 0 Å². The van der Waals surface area contributed by atoms with Crippen LogP contribution in [0.3, 0.4) is 0 Å². The molecule has 6 heteroatoms. The highest BCUT2D eigenvalue weighted by Crippen LogP contribution is 2.31. The molecule has 0 radical (unpaired) electrons. The Morgan fingerprint density at radius 1 is 1.09 bits per heavy atom. The lowest BCUT2D eigenvalue weighted by molar-refractivity contribution is -0.130. The maximum absolute atomic E-state index is 11.6. The van der Waals surface area contributed by atoms with Crippen molar-refractivity contribution in [1.82, 2.24) is 0 Å². The Kier molecular flexibility index (Phi) is 5.28. The van der Waals surface area contributed by atoms with Crippen LogP contribution >= 0.6 is 15.9 Å². The molecule has 0 spiro atoms. The molecule has 120 valence electrons. The third-order valence-corrected chi connectivity index (χ3v) is 3.81.